The van der Waals surface area contributed by atoms with Gasteiger partial charge in [0.15, 0.2) is 5.78 Å². The van der Waals surface area contributed by atoms with Crippen LogP contribution in [0.3, 0.4) is 0 Å². The van der Waals surface area contributed by atoms with E-state index in [2.05, 4.69) is 29.2 Å². The van der Waals surface area contributed by atoms with Gasteiger partial charge in [0.25, 0.3) is 5.91 Å². The van der Waals surface area contributed by atoms with Gasteiger partial charge in [0.2, 0.25) is 0 Å². The summed E-state index contributed by atoms with van der Waals surface area (Å²) in [7, 11) is 0. The van der Waals surface area contributed by atoms with E-state index in [1.165, 1.54) is 12.5 Å². The maximum atomic E-state index is 12.7. The molecule has 2 aromatic rings. The van der Waals surface area contributed by atoms with Gasteiger partial charge in [-0.25, -0.2) is 0 Å². The first-order chi connectivity index (χ1) is 11.1. The van der Waals surface area contributed by atoms with E-state index in [9.17, 15) is 9.59 Å². The summed E-state index contributed by atoms with van der Waals surface area (Å²) in [5.41, 5.74) is 2.39. The van der Waals surface area contributed by atoms with Crippen molar-refractivity contribution in [3.8, 4) is 0 Å². The second-order valence-electron chi connectivity index (χ2n) is 6.18. The Bertz CT molecular complexity index is 690. The monoisotopic (exact) mass is 310 g/mol. The lowest BCUT2D eigenvalue weighted by molar-refractivity contribution is 0.0725. The summed E-state index contributed by atoms with van der Waals surface area (Å²) >= 11 is 0. The number of likely N-dealkylation sites (tertiary alicyclic amines) is 1. The molecular weight excluding hydrogens is 288 g/mol. The van der Waals surface area contributed by atoms with Crippen LogP contribution in [0.1, 0.15) is 52.6 Å². The number of ketones is 1. The molecule has 3 rings (SSSR count). The lowest BCUT2D eigenvalue weighted by atomic mass is 10.0. The van der Waals surface area contributed by atoms with Gasteiger partial charge >= 0.3 is 0 Å². The molecule has 2 heterocycles. The number of H-pyrrole nitrogens is 1. The fraction of sp³-hybridized carbons (Fsp3) is 0.368. The van der Waals surface area contributed by atoms with Crippen molar-refractivity contribution in [1.29, 1.82) is 0 Å². The number of nitrogens with one attached hydrogen (secondary N) is 1. The highest BCUT2D eigenvalue weighted by Gasteiger charge is 2.29. The fourth-order valence-electron chi connectivity index (χ4n) is 3.26. The minimum atomic E-state index is -0.0256. The van der Waals surface area contributed by atoms with Crippen LogP contribution in [0.5, 0.6) is 0 Å². The van der Waals surface area contributed by atoms with E-state index in [-0.39, 0.29) is 17.7 Å². The predicted molar refractivity (Wildman–Crippen MR) is 89.6 cm³/mol. The molecule has 1 unspecified atom stereocenters. The normalized spacial score (nSPS) is 17.4. The van der Waals surface area contributed by atoms with Gasteiger partial charge in [0.1, 0.15) is 5.69 Å². The Kier molecular flexibility index (Phi) is 4.60. The molecule has 0 bridgehead atoms. The molecule has 1 amide bonds. The Morgan fingerprint density at radius 2 is 2.04 bits per heavy atom. The molecule has 1 aliphatic heterocycles. The minimum Gasteiger partial charge on any atom is -0.356 e. The number of hydrogen-bond donors (Lipinski definition) is 1. The van der Waals surface area contributed by atoms with E-state index >= 15 is 0 Å². The van der Waals surface area contributed by atoms with Crippen LogP contribution in [0, 0.1) is 0 Å². The molecule has 1 aliphatic rings. The zero-order valence-electron chi connectivity index (χ0n) is 13.4. The van der Waals surface area contributed by atoms with E-state index in [4.69, 9.17) is 0 Å². The third kappa shape index (κ3) is 3.52. The molecule has 1 saturated heterocycles. The smallest absolute Gasteiger partial charge is 0.270 e. The zero-order valence-corrected chi connectivity index (χ0v) is 13.4. The number of aryl methyl sites for hydroxylation is 1. The Morgan fingerprint density at radius 1 is 1.26 bits per heavy atom. The number of amides is 1. The molecule has 4 heteroatoms. The van der Waals surface area contributed by atoms with Crippen molar-refractivity contribution in [3.05, 3.63) is 59.4 Å². The van der Waals surface area contributed by atoms with Gasteiger partial charge in [-0.15, -0.1) is 0 Å². The van der Waals surface area contributed by atoms with Gasteiger partial charge in [-0.2, -0.15) is 0 Å². The van der Waals surface area contributed by atoms with E-state index in [1.807, 2.05) is 11.0 Å². The Hall–Kier alpha value is -2.36. The van der Waals surface area contributed by atoms with Crippen molar-refractivity contribution in [1.82, 2.24) is 9.88 Å². The standard InChI is InChI=1S/C19H22N2O2/c1-14(22)16-12-18(20-13-16)19(23)21-11-5-8-17(21)10-9-15-6-3-2-4-7-15/h2-4,6-7,12-13,17,20H,5,8-11H2,1H3. The maximum absolute atomic E-state index is 12.7. The van der Waals surface area contributed by atoms with Gasteiger partial charge in [0, 0.05) is 24.3 Å². The van der Waals surface area contributed by atoms with Crippen LogP contribution in [-0.2, 0) is 6.42 Å². The largest absolute Gasteiger partial charge is 0.356 e. The average molecular weight is 310 g/mol. The quantitative estimate of drug-likeness (QED) is 0.860. The first kappa shape index (κ1) is 15.5. The number of nitrogens with zero attached hydrogens (tertiary/aromatic N) is 1. The van der Waals surface area contributed by atoms with Gasteiger partial charge in [-0.05, 0) is 44.2 Å². The van der Waals surface area contributed by atoms with Crippen molar-refractivity contribution in [2.24, 2.45) is 0 Å². The zero-order chi connectivity index (χ0) is 16.2. The van der Waals surface area contributed by atoms with E-state index in [1.54, 1.807) is 12.3 Å². The summed E-state index contributed by atoms with van der Waals surface area (Å²) in [6.07, 6.45) is 5.68. The lowest BCUT2D eigenvalue weighted by Crippen LogP contribution is -2.36. The molecule has 120 valence electrons. The SMILES string of the molecule is CC(=O)c1c[nH]c(C(=O)N2CCCC2CCc2ccccc2)c1. The molecule has 1 N–H and O–H groups in total. The number of Topliss-reactive ketones (excluding diaryl/α,β-unsaturated/α-hetero) is 1. The van der Waals surface area contributed by atoms with Crippen LogP contribution in [0.2, 0.25) is 0 Å². The molecule has 1 aromatic carbocycles. The number of rotatable bonds is 5. The molecule has 23 heavy (non-hydrogen) atoms. The van der Waals surface area contributed by atoms with Crippen molar-refractivity contribution < 1.29 is 9.59 Å². The molecule has 0 radical (unpaired) electrons. The summed E-state index contributed by atoms with van der Waals surface area (Å²) in [6, 6.07) is 12.3. The molecule has 0 spiro atoms. The van der Waals surface area contributed by atoms with Crippen molar-refractivity contribution in [2.75, 3.05) is 6.54 Å². The van der Waals surface area contributed by atoms with Crippen molar-refractivity contribution in [3.63, 3.8) is 0 Å². The average Bonchev–Trinajstić information content (AvgIpc) is 3.22. The second-order valence-corrected chi connectivity index (χ2v) is 6.18. The van der Waals surface area contributed by atoms with Crippen LogP contribution in [0.25, 0.3) is 0 Å². The van der Waals surface area contributed by atoms with Crippen LogP contribution in [-0.4, -0.2) is 34.2 Å². The first-order valence-electron chi connectivity index (χ1n) is 8.19. The Morgan fingerprint density at radius 3 is 2.74 bits per heavy atom. The van der Waals surface area contributed by atoms with Crippen LogP contribution in [0.15, 0.2) is 42.6 Å². The van der Waals surface area contributed by atoms with E-state index in [0.29, 0.717) is 11.3 Å². The molecule has 4 nitrogen and oxygen atoms in total. The number of carbonyl (C=O) groups excluding carboxylic acids is 2. The third-order valence-electron chi connectivity index (χ3n) is 4.57. The van der Waals surface area contributed by atoms with Gasteiger partial charge in [-0.1, -0.05) is 30.3 Å². The summed E-state index contributed by atoms with van der Waals surface area (Å²) < 4.78 is 0. The molecule has 1 aromatic heterocycles. The fourth-order valence-corrected chi connectivity index (χ4v) is 3.26. The third-order valence-corrected chi connectivity index (χ3v) is 4.57. The molecule has 0 aliphatic carbocycles. The number of carbonyl (C=O) groups is 2. The maximum Gasteiger partial charge on any atom is 0.270 e. The highest BCUT2D eigenvalue weighted by atomic mass is 16.2. The van der Waals surface area contributed by atoms with Gasteiger partial charge < -0.3 is 9.88 Å². The van der Waals surface area contributed by atoms with Gasteiger partial charge in [0.05, 0.1) is 0 Å². The highest BCUT2D eigenvalue weighted by Crippen LogP contribution is 2.24. The van der Waals surface area contributed by atoms with Crippen molar-refractivity contribution in [2.45, 2.75) is 38.6 Å². The highest BCUT2D eigenvalue weighted by molar-refractivity contribution is 5.99. The summed E-state index contributed by atoms with van der Waals surface area (Å²) in [4.78, 5) is 29.0. The van der Waals surface area contributed by atoms with Crippen LogP contribution >= 0.6 is 0 Å². The molecule has 0 saturated carbocycles. The summed E-state index contributed by atoms with van der Waals surface area (Å²) in [6.45, 7) is 2.31. The van der Waals surface area contributed by atoms with Gasteiger partial charge in [-0.3, -0.25) is 9.59 Å². The summed E-state index contributed by atoms with van der Waals surface area (Å²) in [5.74, 6) is -0.0181. The Labute approximate surface area is 136 Å². The first-order valence-corrected chi connectivity index (χ1v) is 8.19. The molecular formula is C19H22N2O2. The predicted octanol–water partition coefficient (Wildman–Crippen LogP) is 3.45. The minimum absolute atomic E-state index is 0.00746. The summed E-state index contributed by atoms with van der Waals surface area (Å²) in [5, 5.41) is 0. The van der Waals surface area contributed by atoms with E-state index < -0.39 is 0 Å². The number of aromatic nitrogens is 1. The van der Waals surface area contributed by atoms with Crippen molar-refractivity contribution >= 4 is 11.7 Å². The number of aromatic amines is 1. The number of hydrogen-bond acceptors (Lipinski definition) is 2. The van der Waals surface area contributed by atoms with Crippen LogP contribution < -0.4 is 0 Å². The topological polar surface area (TPSA) is 53.2 Å². The molecule has 1 fully saturated rings. The van der Waals surface area contributed by atoms with E-state index in [0.717, 1.165) is 32.2 Å². The second kappa shape index (κ2) is 6.82. The Balaban J connectivity index is 1.65. The van der Waals surface area contributed by atoms with Crippen LogP contribution in [0.4, 0.5) is 0 Å². The number of benzene rings is 1. The lowest BCUT2D eigenvalue weighted by Gasteiger charge is -2.24. The molecule has 1 atom stereocenters.